The first kappa shape index (κ1) is 16.7. The van der Waals surface area contributed by atoms with Crippen LogP contribution in [0.2, 0.25) is 0 Å². The number of likely N-dealkylation sites (tertiary alicyclic amines) is 2. The topological polar surface area (TPSA) is 53.0 Å². The number of nitrogens with zero attached hydrogens (tertiary/aromatic N) is 2. The van der Waals surface area contributed by atoms with Gasteiger partial charge in [-0.2, -0.15) is 0 Å². The van der Waals surface area contributed by atoms with Gasteiger partial charge in [0.2, 0.25) is 0 Å². The van der Waals surface area contributed by atoms with Gasteiger partial charge in [-0.3, -0.25) is 9.69 Å². The predicted octanol–water partition coefficient (Wildman–Crippen LogP) is 1.67. The van der Waals surface area contributed by atoms with E-state index in [9.17, 15) is 9.90 Å². The lowest BCUT2D eigenvalue weighted by Crippen LogP contribution is -2.49. The minimum absolute atomic E-state index is 0.240. The van der Waals surface area contributed by atoms with E-state index < -0.39 is 5.97 Å². The van der Waals surface area contributed by atoms with Crippen LogP contribution >= 0.6 is 0 Å². The van der Waals surface area contributed by atoms with Crippen LogP contribution in [0.1, 0.15) is 39.5 Å². The molecule has 0 aliphatic carbocycles. The molecule has 122 valence electrons. The Balaban J connectivity index is 1.67. The molecular formula is C16H30N2O3. The molecule has 0 bridgehead atoms. The number of rotatable bonds is 7. The number of carboxylic acid groups (broad SMARTS) is 1. The summed E-state index contributed by atoms with van der Waals surface area (Å²) in [6, 6.07) is 0.220. The lowest BCUT2D eigenvalue weighted by Gasteiger charge is -2.38. The summed E-state index contributed by atoms with van der Waals surface area (Å²) in [5, 5.41) is 9.29. The highest BCUT2D eigenvalue weighted by atomic mass is 16.5. The molecule has 1 atom stereocenters. The SMILES string of the molecule is CC(C)COCCN1CCC(N2CCCC2C(=O)O)CC1. The molecule has 5 nitrogen and oxygen atoms in total. The highest BCUT2D eigenvalue weighted by Crippen LogP contribution is 2.26. The molecule has 0 aromatic rings. The summed E-state index contributed by atoms with van der Waals surface area (Å²) in [7, 11) is 0. The van der Waals surface area contributed by atoms with Crippen molar-refractivity contribution in [1.29, 1.82) is 0 Å². The normalized spacial score (nSPS) is 25.8. The van der Waals surface area contributed by atoms with E-state index in [0.29, 0.717) is 12.0 Å². The second kappa shape index (κ2) is 8.11. The summed E-state index contributed by atoms with van der Waals surface area (Å²) in [4.78, 5) is 16.0. The molecule has 2 saturated heterocycles. The Morgan fingerprint density at radius 3 is 2.57 bits per heavy atom. The first-order valence-electron chi connectivity index (χ1n) is 8.36. The van der Waals surface area contributed by atoms with Crippen LogP contribution in [0.3, 0.4) is 0 Å². The van der Waals surface area contributed by atoms with Gasteiger partial charge in [0.15, 0.2) is 0 Å². The minimum Gasteiger partial charge on any atom is -0.480 e. The summed E-state index contributed by atoms with van der Waals surface area (Å²) in [6.07, 6.45) is 4.03. The zero-order valence-electron chi connectivity index (χ0n) is 13.5. The van der Waals surface area contributed by atoms with Gasteiger partial charge in [-0.05, 0) is 51.2 Å². The minimum atomic E-state index is -0.642. The van der Waals surface area contributed by atoms with Crippen LogP contribution in [0, 0.1) is 5.92 Å². The van der Waals surface area contributed by atoms with Gasteiger partial charge in [0.05, 0.1) is 6.61 Å². The van der Waals surface area contributed by atoms with Crippen molar-refractivity contribution >= 4 is 5.97 Å². The first-order valence-corrected chi connectivity index (χ1v) is 8.36. The summed E-state index contributed by atoms with van der Waals surface area (Å²) in [5.74, 6) is -0.0455. The Hall–Kier alpha value is -0.650. The number of piperidine rings is 1. The largest absolute Gasteiger partial charge is 0.480 e. The number of carbonyl (C=O) groups is 1. The summed E-state index contributed by atoms with van der Waals surface area (Å²) >= 11 is 0. The van der Waals surface area contributed by atoms with E-state index in [1.54, 1.807) is 0 Å². The van der Waals surface area contributed by atoms with Gasteiger partial charge in [-0.1, -0.05) is 13.8 Å². The van der Waals surface area contributed by atoms with Crippen molar-refractivity contribution in [2.45, 2.75) is 51.6 Å². The summed E-state index contributed by atoms with van der Waals surface area (Å²) in [5.41, 5.74) is 0. The molecule has 1 N–H and O–H groups in total. The molecule has 0 aromatic heterocycles. The molecule has 0 amide bonds. The van der Waals surface area contributed by atoms with Crippen LogP contribution in [-0.4, -0.2) is 72.4 Å². The zero-order chi connectivity index (χ0) is 15.2. The second-order valence-corrected chi connectivity index (χ2v) is 6.78. The van der Waals surface area contributed by atoms with Crippen LogP contribution in [0.5, 0.6) is 0 Å². The fraction of sp³-hybridized carbons (Fsp3) is 0.938. The van der Waals surface area contributed by atoms with E-state index in [1.165, 1.54) is 0 Å². The van der Waals surface area contributed by atoms with Gasteiger partial charge in [0, 0.05) is 19.2 Å². The Bertz CT molecular complexity index is 327. The molecule has 2 fully saturated rings. The van der Waals surface area contributed by atoms with Crippen LogP contribution < -0.4 is 0 Å². The molecule has 0 spiro atoms. The molecule has 21 heavy (non-hydrogen) atoms. The molecular weight excluding hydrogens is 268 g/mol. The number of carboxylic acids is 1. The Morgan fingerprint density at radius 2 is 1.95 bits per heavy atom. The number of hydrogen-bond donors (Lipinski definition) is 1. The standard InChI is InChI=1S/C16H30N2O3/c1-13(2)12-21-11-10-17-8-5-14(6-9-17)18-7-3-4-15(18)16(19)20/h13-15H,3-12H2,1-2H3,(H,19,20). The maximum Gasteiger partial charge on any atom is 0.320 e. The molecule has 0 saturated carbocycles. The Labute approximate surface area is 128 Å². The van der Waals surface area contributed by atoms with Crippen molar-refractivity contribution in [3.8, 4) is 0 Å². The van der Waals surface area contributed by atoms with Gasteiger partial charge < -0.3 is 14.7 Å². The average molecular weight is 298 g/mol. The molecule has 2 rings (SSSR count). The van der Waals surface area contributed by atoms with Crippen LogP contribution in [-0.2, 0) is 9.53 Å². The highest BCUT2D eigenvalue weighted by Gasteiger charge is 2.36. The first-order chi connectivity index (χ1) is 10.1. The highest BCUT2D eigenvalue weighted by molar-refractivity contribution is 5.73. The summed E-state index contributed by atoms with van der Waals surface area (Å²) < 4.78 is 5.64. The van der Waals surface area contributed by atoms with E-state index in [4.69, 9.17) is 4.74 Å². The van der Waals surface area contributed by atoms with E-state index in [2.05, 4.69) is 23.6 Å². The van der Waals surface area contributed by atoms with E-state index in [-0.39, 0.29) is 6.04 Å². The lowest BCUT2D eigenvalue weighted by molar-refractivity contribution is -0.143. The van der Waals surface area contributed by atoms with Crippen LogP contribution in [0.4, 0.5) is 0 Å². The van der Waals surface area contributed by atoms with Crippen molar-refractivity contribution < 1.29 is 14.6 Å². The maximum atomic E-state index is 11.3. The monoisotopic (exact) mass is 298 g/mol. The van der Waals surface area contributed by atoms with Crippen molar-refractivity contribution in [3.05, 3.63) is 0 Å². The van der Waals surface area contributed by atoms with Gasteiger partial charge in [0.1, 0.15) is 6.04 Å². The van der Waals surface area contributed by atoms with Crippen molar-refractivity contribution in [1.82, 2.24) is 9.80 Å². The van der Waals surface area contributed by atoms with Crippen molar-refractivity contribution in [3.63, 3.8) is 0 Å². The van der Waals surface area contributed by atoms with E-state index in [0.717, 1.165) is 65.1 Å². The van der Waals surface area contributed by atoms with Crippen LogP contribution in [0.15, 0.2) is 0 Å². The van der Waals surface area contributed by atoms with Crippen LogP contribution in [0.25, 0.3) is 0 Å². The maximum absolute atomic E-state index is 11.3. The van der Waals surface area contributed by atoms with Gasteiger partial charge in [-0.25, -0.2) is 0 Å². The molecule has 5 heteroatoms. The third-order valence-electron chi connectivity index (χ3n) is 4.61. The predicted molar refractivity (Wildman–Crippen MR) is 82.5 cm³/mol. The Kier molecular flexibility index (Phi) is 6.45. The fourth-order valence-corrected chi connectivity index (χ4v) is 3.48. The molecule has 2 aliphatic rings. The lowest BCUT2D eigenvalue weighted by atomic mass is 10.0. The van der Waals surface area contributed by atoms with E-state index >= 15 is 0 Å². The molecule has 1 unspecified atom stereocenters. The third-order valence-corrected chi connectivity index (χ3v) is 4.61. The number of ether oxygens (including phenoxy) is 1. The quantitative estimate of drug-likeness (QED) is 0.725. The van der Waals surface area contributed by atoms with Gasteiger partial charge in [-0.15, -0.1) is 0 Å². The van der Waals surface area contributed by atoms with Gasteiger partial charge in [0.25, 0.3) is 0 Å². The zero-order valence-corrected chi connectivity index (χ0v) is 13.5. The summed E-state index contributed by atoms with van der Waals surface area (Å²) in [6.45, 7) is 10.1. The van der Waals surface area contributed by atoms with Gasteiger partial charge >= 0.3 is 5.97 Å². The smallest absolute Gasteiger partial charge is 0.320 e. The third kappa shape index (κ3) is 4.94. The molecule has 2 aliphatic heterocycles. The van der Waals surface area contributed by atoms with E-state index in [1.807, 2.05) is 0 Å². The molecule has 0 aromatic carbocycles. The molecule has 2 heterocycles. The average Bonchev–Trinajstić information content (AvgIpc) is 2.93. The second-order valence-electron chi connectivity index (χ2n) is 6.78. The molecule has 0 radical (unpaired) electrons. The number of aliphatic carboxylic acids is 1. The van der Waals surface area contributed by atoms with Crippen molar-refractivity contribution in [2.75, 3.05) is 39.4 Å². The fourth-order valence-electron chi connectivity index (χ4n) is 3.48. The Morgan fingerprint density at radius 1 is 1.24 bits per heavy atom. The van der Waals surface area contributed by atoms with Crippen molar-refractivity contribution in [2.24, 2.45) is 5.92 Å². The number of hydrogen-bond acceptors (Lipinski definition) is 4.